The summed E-state index contributed by atoms with van der Waals surface area (Å²) in [5.74, 6) is 0. The van der Waals surface area contributed by atoms with E-state index >= 15 is 0 Å². The molecule has 16 heavy (non-hydrogen) atoms. The van der Waals surface area contributed by atoms with Crippen LogP contribution in [0.4, 0.5) is 0 Å². The average molecular weight is 517 g/mol. The molecule has 0 heterocycles. The molecule has 0 aliphatic heterocycles. The van der Waals surface area contributed by atoms with Gasteiger partial charge in [0.05, 0.1) is 0 Å². The zero-order chi connectivity index (χ0) is 10.7. The van der Waals surface area contributed by atoms with Crippen molar-refractivity contribution in [3.63, 3.8) is 0 Å². The third kappa shape index (κ3) is 4.52. The van der Waals surface area contributed by atoms with Crippen LogP contribution in [-0.2, 0) is 0 Å². The molecule has 0 saturated carbocycles. The van der Waals surface area contributed by atoms with Gasteiger partial charge in [0, 0.05) is 8.95 Å². The fourth-order valence-electron chi connectivity index (χ4n) is 1.11. The van der Waals surface area contributed by atoms with Gasteiger partial charge in [0.15, 0.2) is 7.14 Å². The predicted molar refractivity (Wildman–Crippen MR) is 75.6 cm³/mol. The van der Waals surface area contributed by atoms with Gasteiger partial charge in [0.2, 0.25) is 0 Å². The Kier molecular flexibility index (Phi) is 6.63. The van der Waals surface area contributed by atoms with Crippen LogP contribution in [0.5, 0.6) is 0 Å². The second kappa shape index (κ2) is 7.20. The van der Waals surface area contributed by atoms with Gasteiger partial charge in [-0.05, 0) is 48.5 Å². The molecule has 1 unspecified atom stereocenters. The molecule has 1 atom stereocenters. The van der Waals surface area contributed by atoms with Crippen molar-refractivity contribution in [2.24, 2.45) is 0 Å². The van der Waals surface area contributed by atoms with Gasteiger partial charge < -0.3 is 0 Å². The summed E-state index contributed by atoms with van der Waals surface area (Å²) in [6, 6.07) is 17.2. The van der Waals surface area contributed by atoms with E-state index in [9.17, 15) is 0 Å². The van der Waals surface area contributed by atoms with Crippen LogP contribution in [0.1, 0.15) is 0 Å². The summed E-state index contributed by atoms with van der Waals surface area (Å²) in [7, 11) is 0. The van der Waals surface area contributed by atoms with Gasteiger partial charge in [-0.25, -0.2) is 0 Å². The summed E-state index contributed by atoms with van der Waals surface area (Å²) in [6.45, 7) is 0. The average Bonchev–Trinajstić information content (AvgIpc) is 2.25. The monoisotopic (exact) mass is 515 g/mol. The Bertz CT molecular complexity index is 396. The van der Waals surface area contributed by atoms with E-state index in [1.54, 1.807) is 0 Å². The van der Waals surface area contributed by atoms with Crippen LogP contribution >= 0.6 is 31.9 Å². The van der Waals surface area contributed by atoms with Crippen molar-refractivity contribution in [3.8, 4) is 0 Å². The number of benzene rings is 2. The van der Waals surface area contributed by atoms with Crippen LogP contribution in [-0.4, -0.2) is 18.0 Å². The second-order valence-corrected chi connectivity index (χ2v) is 7.83. The second-order valence-electron chi connectivity index (χ2n) is 2.97. The van der Waals surface area contributed by atoms with Gasteiger partial charge in [-0.15, -0.1) is 0 Å². The zero-order valence-corrected chi connectivity index (χ0v) is 16.8. The van der Waals surface area contributed by atoms with Gasteiger partial charge in [-0.2, -0.15) is 0 Å². The molecule has 0 fully saturated rings. The molecule has 4 heteroatoms. The Morgan fingerprint density at radius 1 is 0.625 bits per heavy atom. The van der Waals surface area contributed by atoms with E-state index in [4.69, 9.17) is 0 Å². The molecule has 0 radical (unpaired) electrons. The molecule has 0 amide bonds. The molecule has 2 aromatic carbocycles. The quantitative estimate of drug-likeness (QED) is 0.394. The summed E-state index contributed by atoms with van der Waals surface area (Å²) in [4.78, 5) is 0. The normalized spacial score (nSPS) is 9.62. The van der Waals surface area contributed by atoms with Crippen molar-refractivity contribution in [2.45, 2.75) is 0 Å². The van der Waals surface area contributed by atoms with Gasteiger partial charge in [-0.3, -0.25) is 0 Å². The third-order valence-electron chi connectivity index (χ3n) is 1.83. The third-order valence-corrected chi connectivity index (χ3v) is 5.57. The molecule has 0 N–H and O–H groups in total. The number of rotatable bonds is 2. The first kappa shape index (κ1) is 14.7. The predicted octanol–water partition coefficient (Wildman–Crippen LogP) is 0.156. The van der Waals surface area contributed by atoms with Crippen LogP contribution in [0.2, 0.25) is 0 Å². The minimum atomic E-state index is -0.0385. The van der Waals surface area contributed by atoms with E-state index < -0.39 is 0 Å². The van der Waals surface area contributed by atoms with E-state index in [-0.39, 0.29) is 39.2 Å². The number of hydrogen-bond donors (Lipinski definition) is 0. The molecule has 0 aliphatic rings. The van der Waals surface area contributed by atoms with Crippen molar-refractivity contribution in [2.75, 3.05) is 0 Å². The molecule has 0 aromatic heterocycles. The fourth-order valence-corrected chi connectivity index (χ4v) is 3.80. The molecule has 0 nitrogen and oxygen atoms in total. The Balaban J connectivity index is 0.00000128. The van der Waals surface area contributed by atoms with Crippen LogP contribution < -0.4 is 21.2 Å². The van der Waals surface area contributed by atoms with Gasteiger partial charge >= 0.3 is 39.2 Å². The van der Waals surface area contributed by atoms with Crippen molar-refractivity contribution in [1.82, 2.24) is 0 Å². The van der Waals surface area contributed by atoms with E-state index in [1.807, 2.05) is 0 Å². The summed E-state index contributed by atoms with van der Waals surface area (Å²) < 4.78 is 5.18. The van der Waals surface area contributed by atoms with E-state index in [0.717, 1.165) is 8.95 Å². The van der Waals surface area contributed by atoms with Crippen molar-refractivity contribution in [1.29, 1.82) is 0 Å². The van der Waals surface area contributed by atoms with Gasteiger partial charge in [0.25, 0.3) is 0 Å². The first-order chi connectivity index (χ1) is 7.24. The minimum absolute atomic E-state index is 0. The van der Waals surface area contributed by atoms with Crippen molar-refractivity contribution in [3.05, 3.63) is 64.6 Å². The van der Waals surface area contributed by atoms with Gasteiger partial charge in [-0.1, -0.05) is 31.9 Å². The number of halogens is 3. The molecule has 84 valence electrons. The molecule has 0 bridgehead atoms. The first-order valence-electron chi connectivity index (χ1n) is 4.40. The summed E-state index contributed by atoms with van der Waals surface area (Å²) in [5.41, 5.74) is 0. The Morgan fingerprint density at radius 3 is 1.25 bits per heavy atom. The van der Waals surface area contributed by atoms with Gasteiger partial charge in [0.1, 0.15) is 0 Å². The maximum absolute atomic E-state index is 3.45. The maximum atomic E-state index is 3.45. The summed E-state index contributed by atoms with van der Waals surface area (Å²) >= 11 is 6.85. The van der Waals surface area contributed by atoms with E-state index in [1.165, 1.54) is 7.14 Å². The summed E-state index contributed by atoms with van der Waals surface area (Å²) in [5, 5.41) is 0. The van der Waals surface area contributed by atoms with Crippen LogP contribution in [0.3, 0.4) is 0 Å². The Morgan fingerprint density at radius 2 is 0.938 bits per heavy atom. The van der Waals surface area contributed by atoms with Crippen molar-refractivity contribution < 1.29 is 21.2 Å². The van der Waals surface area contributed by atoms with E-state index in [0.29, 0.717) is 0 Å². The fraction of sp³-hybridized carbons (Fsp3) is 0. The molecular formula is C12H11AsBr2I+. The molecule has 2 aromatic rings. The number of hydrogen-bond acceptors (Lipinski definition) is 0. The van der Waals surface area contributed by atoms with Crippen LogP contribution in [0.15, 0.2) is 57.5 Å². The Hall–Kier alpha value is 0.688. The van der Waals surface area contributed by atoms with Crippen LogP contribution in [0, 0.1) is 7.14 Å². The summed E-state index contributed by atoms with van der Waals surface area (Å²) in [6.07, 6.45) is 0. The first-order valence-corrected chi connectivity index (χ1v) is 8.14. The van der Waals surface area contributed by atoms with E-state index in [2.05, 4.69) is 80.4 Å². The standard InChI is InChI=1S/C12H8Br2I.AsH3/c13-9-1-5-11(6-2-9)15-12-7-3-10(14)4-8-12;/h1-8H;1H3/q+1;. The zero-order valence-electron chi connectivity index (χ0n) is 8.46. The SMILES string of the molecule is Brc1ccc([I+]c2ccc(Br)cc2)cc1.[AsH3]. The van der Waals surface area contributed by atoms with Crippen LogP contribution in [0.25, 0.3) is 0 Å². The molecular weight excluding hydrogens is 506 g/mol. The molecule has 0 aliphatic carbocycles. The van der Waals surface area contributed by atoms with Crippen molar-refractivity contribution >= 4 is 49.8 Å². The topological polar surface area (TPSA) is 0 Å². The molecule has 0 saturated heterocycles. The molecule has 2 rings (SSSR count). The Labute approximate surface area is 134 Å². The molecule has 0 spiro atoms.